The predicted molar refractivity (Wildman–Crippen MR) is 92.4 cm³/mol. The molecule has 0 aliphatic carbocycles. The molecule has 1 saturated heterocycles. The van der Waals surface area contributed by atoms with E-state index in [1.165, 1.54) is 12.8 Å². The van der Waals surface area contributed by atoms with Crippen molar-refractivity contribution in [3.05, 3.63) is 27.7 Å². The Morgan fingerprint density at radius 3 is 2.90 bits per heavy atom. The molecule has 0 spiro atoms. The Kier molecular flexibility index (Phi) is 6.80. The summed E-state index contributed by atoms with van der Waals surface area (Å²) < 4.78 is 6.78. The van der Waals surface area contributed by atoms with Crippen molar-refractivity contribution in [3.63, 3.8) is 0 Å². The van der Waals surface area contributed by atoms with Gasteiger partial charge in [-0.15, -0.1) is 0 Å². The molecule has 1 aliphatic rings. The Bertz CT molecular complexity index is 450. The van der Waals surface area contributed by atoms with Gasteiger partial charge in [-0.2, -0.15) is 0 Å². The highest BCUT2D eigenvalue weighted by atomic mass is 79.9. The summed E-state index contributed by atoms with van der Waals surface area (Å²) in [5, 5.41) is 4.27. The van der Waals surface area contributed by atoms with E-state index in [1.807, 2.05) is 18.2 Å². The van der Waals surface area contributed by atoms with Crippen LogP contribution in [0.25, 0.3) is 0 Å². The first-order valence-corrected chi connectivity index (χ1v) is 8.78. The zero-order valence-corrected chi connectivity index (χ0v) is 15.1. The van der Waals surface area contributed by atoms with Crippen molar-refractivity contribution in [2.75, 3.05) is 26.2 Å². The highest BCUT2D eigenvalue weighted by Gasteiger charge is 2.19. The smallest absolute Gasteiger partial charge is 0.133 e. The minimum absolute atomic E-state index is 0.532. The van der Waals surface area contributed by atoms with Gasteiger partial charge in [0.15, 0.2) is 0 Å². The van der Waals surface area contributed by atoms with Gasteiger partial charge in [0.2, 0.25) is 0 Å². The summed E-state index contributed by atoms with van der Waals surface area (Å²) >= 11 is 9.42. The Morgan fingerprint density at radius 2 is 2.29 bits per heavy atom. The molecule has 0 amide bonds. The fraction of sp³-hybridized carbons (Fsp3) is 0.625. The molecule has 1 aliphatic heterocycles. The van der Waals surface area contributed by atoms with Crippen molar-refractivity contribution in [1.29, 1.82) is 0 Å². The summed E-state index contributed by atoms with van der Waals surface area (Å²) in [6.07, 6.45) is 2.58. The van der Waals surface area contributed by atoms with Gasteiger partial charge in [0.25, 0.3) is 0 Å². The van der Waals surface area contributed by atoms with Gasteiger partial charge in [0.05, 0.1) is 4.47 Å². The molecule has 1 aromatic carbocycles. The Hall–Kier alpha value is -0.290. The second kappa shape index (κ2) is 8.37. The van der Waals surface area contributed by atoms with Crippen molar-refractivity contribution in [2.45, 2.75) is 38.8 Å². The van der Waals surface area contributed by atoms with Gasteiger partial charge >= 0.3 is 0 Å². The number of nitrogens with one attached hydrogen (secondary N) is 1. The third-order valence-corrected chi connectivity index (χ3v) is 4.73. The first-order chi connectivity index (χ1) is 10.1. The lowest BCUT2D eigenvalue weighted by Gasteiger charge is -2.29. The van der Waals surface area contributed by atoms with E-state index in [1.54, 1.807) is 0 Å². The fourth-order valence-corrected chi connectivity index (χ4v) is 3.42. The van der Waals surface area contributed by atoms with Crippen molar-refractivity contribution >= 4 is 27.5 Å². The molecule has 1 heterocycles. The van der Waals surface area contributed by atoms with Crippen LogP contribution in [0.15, 0.2) is 22.7 Å². The molecular formula is C16H24BrClN2O. The maximum atomic E-state index is 5.94. The molecule has 1 aromatic rings. The van der Waals surface area contributed by atoms with E-state index in [0.29, 0.717) is 23.7 Å². The normalized spacial score (nSPS) is 18.7. The number of ether oxygens (including phenoxy) is 1. The Balaban J connectivity index is 1.81. The van der Waals surface area contributed by atoms with Gasteiger partial charge in [0, 0.05) is 30.2 Å². The van der Waals surface area contributed by atoms with Crippen LogP contribution in [0.3, 0.4) is 0 Å². The molecule has 0 radical (unpaired) electrons. The number of hydrogen-bond acceptors (Lipinski definition) is 3. The van der Waals surface area contributed by atoms with Gasteiger partial charge in [-0.25, -0.2) is 0 Å². The number of rotatable bonds is 7. The lowest BCUT2D eigenvalue weighted by atomic mass is 10.2. The zero-order chi connectivity index (χ0) is 15.2. The molecular weight excluding hydrogens is 352 g/mol. The number of benzene rings is 1. The van der Waals surface area contributed by atoms with Gasteiger partial charge in [-0.05, 0) is 67.4 Å². The van der Waals surface area contributed by atoms with Crippen LogP contribution in [0.1, 0.15) is 26.7 Å². The summed E-state index contributed by atoms with van der Waals surface area (Å²) in [7, 11) is 0. The maximum absolute atomic E-state index is 5.94. The maximum Gasteiger partial charge on any atom is 0.133 e. The van der Waals surface area contributed by atoms with Crippen LogP contribution in [-0.4, -0.2) is 43.2 Å². The van der Waals surface area contributed by atoms with Crippen molar-refractivity contribution < 1.29 is 4.74 Å². The summed E-state index contributed by atoms with van der Waals surface area (Å²) in [5.74, 6) is 0.849. The fourth-order valence-electron chi connectivity index (χ4n) is 2.62. The van der Waals surface area contributed by atoms with Crippen LogP contribution in [-0.2, 0) is 0 Å². The van der Waals surface area contributed by atoms with E-state index < -0.39 is 0 Å². The molecule has 1 unspecified atom stereocenters. The highest BCUT2D eigenvalue weighted by Crippen LogP contribution is 2.27. The van der Waals surface area contributed by atoms with E-state index in [-0.39, 0.29) is 0 Å². The van der Waals surface area contributed by atoms with Crippen LogP contribution in [0.4, 0.5) is 0 Å². The van der Waals surface area contributed by atoms with Crippen LogP contribution >= 0.6 is 27.5 Å². The van der Waals surface area contributed by atoms with E-state index in [2.05, 4.69) is 40.0 Å². The topological polar surface area (TPSA) is 24.5 Å². The number of hydrogen-bond donors (Lipinski definition) is 1. The van der Waals surface area contributed by atoms with Crippen molar-refractivity contribution in [1.82, 2.24) is 10.2 Å². The predicted octanol–water partition coefficient (Wildman–Crippen LogP) is 3.94. The number of halogens is 2. The number of nitrogens with zero attached hydrogens (tertiary/aromatic N) is 1. The lowest BCUT2D eigenvalue weighted by Crippen LogP contribution is -2.43. The minimum Gasteiger partial charge on any atom is -0.491 e. The molecule has 1 N–H and O–H groups in total. The molecule has 0 aromatic heterocycles. The Labute approximate surface area is 141 Å². The van der Waals surface area contributed by atoms with E-state index in [4.69, 9.17) is 16.3 Å². The second-order valence-corrected chi connectivity index (χ2v) is 7.10. The van der Waals surface area contributed by atoms with Crippen LogP contribution in [0.5, 0.6) is 5.75 Å². The summed E-state index contributed by atoms with van der Waals surface area (Å²) in [6, 6.07) is 6.79. The average Bonchev–Trinajstić information content (AvgIpc) is 2.92. The molecule has 21 heavy (non-hydrogen) atoms. The third-order valence-electron chi connectivity index (χ3n) is 3.88. The quantitative estimate of drug-likeness (QED) is 0.781. The Morgan fingerprint density at radius 1 is 1.48 bits per heavy atom. The van der Waals surface area contributed by atoms with Crippen LogP contribution < -0.4 is 10.1 Å². The SMILES string of the molecule is CC(C)N(CCOc1ccc(Cl)cc1Br)CC1CCCN1. The van der Waals surface area contributed by atoms with E-state index in [0.717, 1.165) is 29.9 Å². The van der Waals surface area contributed by atoms with Crippen LogP contribution in [0, 0.1) is 0 Å². The van der Waals surface area contributed by atoms with Gasteiger partial charge in [0.1, 0.15) is 12.4 Å². The van der Waals surface area contributed by atoms with Crippen molar-refractivity contribution in [2.24, 2.45) is 0 Å². The lowest BCUT2D eigenvalue weighted by molar-refractivity contribution is 0.163. The van der Waals surface area contributed by atoms with Gasteiger partial charge in [-0.1, -0.05) is 11.6 Å². The van der Waals surface area contributed by atoms with Crippen LogP contribution in [0.2, 0.25) is 5.02 Å². The summed E-state index contributed by atoms with van der Waals surface area (Å²) in [4.78, 5) is 2.48. The third kappa shape index (κ3) is 5.44. The molecule has 0 saturated carbocycles. The minimum atomic E-state index is 0.532. The van der Waals surface area contributed by atoms with E-state index in [9.17, 15) is 0 Å². The standard InChI is InChI=1S/C16H24BrClN2O/c1-12(2)20(11-14-4-3-7-19-14)8-9-21-16-6-5-13(18)10-15(16)17/h5-6,10,12,14,19H,3-4,7-9,11H2,1-2H3. The highest BCUT2D eigenvalue weighted by molar-refractivity contribution is 9.10. The second-order valence-electron chi connectivity index (χ2n) is 5.81. The average molecular weight is 376 g/mol. The molecule has 5 heteroatoms. The van der Waals surface area contributed by atoms with Gasteiger partial charge < -0.3 is 10.1 Å². The molecule has 3 nitrogen and oxygen atoms in total. The van der Waals surface area contributed by atoms with E-state index >= 15 is 0 Å². The first kappa shape index (κ1) is 17.1. The largest absolute Gasteiger partial charge is 0.491 e. The summed E-state index contributed by atoms with van der Waals surface area (Å²) in [5.41, 5.74) is 0. The molecule has 118 valence electrons. The van der Waals surface area contributed by atoms with Gasteiger partial charge in [-0.3, -0.25) is 4.90 Å². The monoisotopic (exact) mass is 374 g/mol. The van der Waals surface area contributed by atoms with Crippen molar-refractivity contribution in [3.8, 4) is 5.75 Å². The molecule has 1 fully saturated rings. The molecule has 2 rings (SSSR count). The molecule has 0 bridgehead atoms. The molecule has 1 atom stereocenters. The summed E-state index contributed by atoms with van der Waals surface area (Å²) in [6.45, 7) is 8.37. The zero-order valence-electron chi connectivity index (χ0n) is 12.7. The first-order valence-electron chi connectivity index (χ1n) is 7.61.